The zero-order valence-corrected chi connectivity index (χ0v) is 8.62. The Morgan fingerprint density at radius 1 is 1.57 bits per heavy atom. The second kappa shape index (κ2) is 4.95. The molecule has 0 bridgehead atoms. The molecule has 0 aliphatic carbocycles. The zero-order valence-electron chi connectivity index (χ0n) is 13.6. The van der Waals surface area contributed by atoms with Gasteiger partial charge in [-0.25, -0.2) is 0 Å². The molecular formula is C9H18NO4+. The van der Waals surface area contributed by atoms with Crippen LogP contribution in [0.5, 0.6) is 0 Å². The molecule has 0 unspecified atom stereocenters. The van der Waals surface area contributed by atoms with Crippen molar-refractivity contribution in [2.45, 2.75) is 19.4 Å². The van der Waals surface area contributed by atoms with Crippen LogP contribution in [0.15, 0.2) is 0 Å². The molecule has 0 saturated carbocycles. The van der Waals surface area contributed by atoms with Crippen molar-refractivity contribution in [2.24, 2.45) is 0 Å². The fraction of sp³-hybridized carbons (Fsp3) is 0.778. The Hall–Kier alpha value is -1.10. The van der Waals surface area contributed by atoms with Crippen LogP contribution >= 0.6 is 0 Å². The first-order valence-electron chi connectivity index (χ1n) is 6.36. The Morgan fingerprint density at radius 2 is 2.07 bits per heavy atom. The molecule has 5 heteroatoms. The highest BCUT2D eigenvalue weighted by Crippen LogP contribution is 2.04. The van der Waals surface area contributed by atoms with E-state index < -0.39 is 35.4 Å². The van der Waals surface area contributed by atoms with Crippen molar-refractivity contribution in [2.75, 3.05) is 27.6 Å². The molecule has 1 atom stereocenters. The predicted octanol–water partition coefficient (Wildman–Crippen LogP) is 0.0990. The van der Waals surface area contributed by atoms with Gasteiger partial charge in [0.25, 0.3) is 0 Å². The molecule has 82 valence electrons. The first-order chi connectivity index (χ1) is 8.11. The molecule has 0 rings (SSSR count). The topological polar surface area (TPSA) is 63.6 Å². The van der Waals surface area contributed by atoms with Crippen LogP contribution in [-0.4, -0.2) is 55.2 Å². The summed E-state index contributed by atoms with van der Waals surface area (Å²) >= 11 is 0. The molecule has 0 aromatic carbocycles. The lowest BCUT2D eigenvalue weighted by molar-refractivity contribution is -0.873. The van der Waals surface area contributed by atoms with Gasteiger partial charge in [0.1, 0.15) is 6.50 Å². The number of carboxylic acids is 1. The second-order valence-corrected chi connectivity index (χ2v) is 3.48. The lowest BCUT2D eigenvalue weighted by Gasteiger charge is -2.28. The van der Waals surface area contributed by atoms with E-state index in [9.17, 15) is 9.59 Å². The smallest absolute Gasteiger partial charge is 0.307 e. The highest BCUT2D eigenvalue weighted by atomic mass is 16.5. The van der Waals surface area contributed by atoms with E-state index >= 15 is 0 Å². The first kappa shape index (κ1) is 6.40. The van der Waals surface area contributed by atoms with Crippen LogP contribution in [0.1, 0.15) is 20.2 Å². The largest absolute Gasteiger partial charge is 0.481 e. The molecule has 0 aliphatic heterocycles. The van der Waals surface area contributed by atoms with E-state index in [2.05, 4.69) is 4.74 Å². The quantitative estimate of drug-likeness (QED) is 0.515. The van der Waals surface area contributed by atoms with E-state index in [0.717, 1.165) is 6.92 Å². The van der Waals surface area contributed by atoms with Crippen molar-refractivity contribution >= 4 is 11.9 Å². The van der Waals surface area contributed by atoms with Gasteiger partial charge < -0.3 is 14.3 Å². The normalized spacial score (nSPS) is 23.0. The molecule has 0 heterocycles. The van der Waals surface area contributed by atoms with Crippen molar-refractivity contribution in [3.05, 3.63) is 0 Å². The van der Waals surface area contributed by atoms with Gasteiger partial charge in [-0.1, -0.05) is 0 Å². The second-order valence-electron chi connectivity index (χ2n) is 3.48. The maximum Gasteiger partial charge on any atom is 0.307 e. The summed E-state index contributed by atoms with van der Waals surface area (Å²) in [5.41, 5.74) is 0. The van der Waals surface area contributed by atoms with Gasteiger partial charge in [-0.3, -0.25) is 9.59 Å². The Balaban J connectivity index is 6.10. The summed E-state index contributed by atoms with van der Waals surface area (Å²) in [6.45, 7) is -1.95. The molecule has 0 aromatic rings. The highest BCUT2D eigenvalue weighted by Gasteiger charge is 2.23. The summed E-state index contributed by atoms with van der Waals surface area (Å²) in [5, 5.41) is 8.86. The molecule has 1 N–H and O–H groups in total. The summed E-state index contributed by atoms with van der Waals surface area (Å²) in [5.74, 6) is -3.22. The number of likely N-dealkylation sites (N-methyl/N-ethyl adjacent to an activating group) is 1. The highest BCUT2D eigenvalue weighted by molar-refractivity contribution is 5.69. The average Bonchev–Trinajstić information content (AvgIpc) is 2.13. The average molecular weight is 209 g/mol. The molecule has 0 aromatic heterocycles. The monoisotopic (exact) mass is 209 g/mol. The van der Waals surface area contributed by atoms with Gasteiger partial charge in [0.2, 0.25) is 0 Å². The molecule has 0 fully saturated rings. The lowest BCUT2D eigenvalue weighted by Crippen LogP contribution is -2.43. The summed E-state index contributed by atoms with van der Waals surface area (Å²) in [6, 6.07) is 0. The van der Waals surface area contributed by atoms with E-state index in [-0.39, 0.29) is 0 Å². The number of carbonyl (C=O) groups excluding carboxylic acids is 1. The summed E-state index contributed by atoms with van der Waals surface area (Å²) < 4.78 is 42.2. The van der Waals surface area contributed by atoms with E-state index in [1.54, 1.807) is 0 Å². The molecule has 0 spiro atoms. The Labute approximate surface area is 90.9 Å². The van der Waals surface area contributed by atoms with Crippen LogP contribution < -0.4 is 0 Å². The number of esters is 1. The van der Waals surface area contributed by atoms with Gasteiger partial charge in [-0.15, -0.1) is 0 Å². The molecule has 5 nitrogen and oxygen atoms in total. The van der Waals surface area contributed by atoms with Gasteiger partial charge >= 0.3 is 11.9 Å². The van der Waals surface area contributed by atoms with Crippen LogP contribution in [-0.2, 0) is 14.3 Å². The van der Waals surface area contributed by atoms with Crippen LogP contribution in [0.4, 0.5) is 0 Å². The van der Waals surface area contributed by atoms with Gasteiger partial charge in [-0.05, 0) is 0 Å². The van der Waals surface area contributed by atoms with Crippen molar-refractivity contribution < 1.29 is 30.8 Å². The van der Waals surface area contributed by atoms with Crippen molar-refractivity contribution in [1.82, 2.24) is 0 Å². The fourth-order valence-electron chi connectivity index (χ4n) is 0.622. The number of carboxylic acid groups (broad SMARTS) is 1. The minimum Gasteiger partial charge on any atom is -0.481 e. The zero-order chi connectivity index (χ0) is 15.9. The molecule has 0 aliphatic rings. The third kappa shape index (κ3) is 7.54. The molecule has 0 saturated heterocycles. The standard InChI is InChI=1S/C9H17NO4/c1-7(11)14-8(5-9(12)13)6-10(2,3)4/h8H,5-6H2,1-4H3/p+1/t8-/m1/s1/i5D2,6D2,8D. The van der Waals surface area contributed by atoms with Crippen LogP contribution in [0, 0.1) is 0 Å². The summed E-state index contributed by atoms with van der Waals surface area (Å²) in [7, 11) is 3.89. The Kier molecular flexibility index (Phi) is 2.26. The van der Waals surface area contributed by atoms with Gasteiger partial charge in [0.15, 0.2) is 6.08 Å². The molecular weight excluding hydrogens is 186 g/mol. The van der Waals surface area contributed by atoms with Crippen LogP contribution in [0.25, 0.3) is 0 Å². The van der Waals surface area contributed by atoms with E-state index in [1.165, 1.54) is 21.1 Å². The van der Waals surface area contributed by atoms with E-state index in [0.29, 0.717) is 0 Å². The third-order valence-corrected chi connectivity index (χ3v) is 0.903. The minimum atomic E-state index is -3.42. The molecule has 0 radical (unpaired) electrons. The first-order valence-corrected chi connectivity index (χ1v) is 3.86. The summed E-state index contributed by atoms with van der Waals surface area (Å²) in [4.78, 5) is 22.0. The third-order valence-electron chi connectivity index (χ3n) is 0.903. The maximum atomic E-state index is 11.0. The predicted molar refractivity (Wildman–Crippen MR) is 50.7 cm³/mol. The molecule has 14 heavy (non-hydrogen) atoms. The number of rotatable bonds is 5. The number of hydrogen-bond acceptors (Lipinski definition) is 3. The number of carbonyl (C=O) groups is 2. The van der Waals surface area contributed by atoms with Crippen molar-refractivity contribution in [3.8, 4) is 0 Å². The Morgan fingerprint density at radius 3 is 2.36 bits per heavy atom. The van der Waals surface area contributed by atoms with Gasteiger partial charge in [-0.2, -0.15) is 0 Å². The van der Waals surface area contributed by atoms with Crippen LogP contribution in [0.3, 0.4) is 0 Å². The fourth-order valence-corrected chi connectivity index (χ4v) is 0.622. The molecule has 0 amide bonds. The number of hydrogen-bond donors (Lipinski definition) is 1. The number of ether oxygens (including phenoxy) is 1. The maximum absolute atomic E-state index is 11.0. The van der Waals surface area contributed by atoms with Gasteiger partial charge in [0, 0.05) is 9.67 Å². The number of aliphatic carboxylic acids is 1. The lowest BCUT2D eigenvalue weighted by atomic mass is 10.2. The van der Waals surface area contributed by atoms with Gasteiger partial charge in [0.05, 0.1) is 31.6 Å². The van der Waals surface area contributed by atoms with Crippen molar-refractivity contribution in [1.29, 1.82) is 0 Å². The van der Waals surface area contributed by atoms with E-state index in [4.69, 9.17) is 12.0 Å². The summed E-state index contributed by atoms with van der Waals surface area (Å²) in [6.07, 6.45) is -6.66. The van der Waals surface area contributed by atoms with Crippen LogP contribution in [0.2, 0.25) is 0 Å². The van der Waals surface area contributed by atoms with Crippen molar-refractivity contribution in [3.63, 3.8) is 0 Å². The number of nitrogens with zero attached hydrogens (tertiary/aromatic N) is 1. The number of quaternary nitrogens is 1. The minimum absolute atomic E-state index is 0.628. The van der Waals surface area contributed by atoms with E-state index in [1.807, 2.05) is 0 Å². The SMILES string of the molecule is [2H]C([2H])(C(=O)O)[C@@]([2H])(OC(C)=O)C([2H])([2H])[N+](C)(C)C. The Bertz CT molecular complexity index is 393.